The van der Waals surface area contributed by atoms with Crippen molar-refractivity contribution in [2.75, 3.05) is 5.43 Å². The lowest BCUT2D eigenvalue weighted by molar-refractivity contribution is -0.384. The van der Waals surface area contributed by atoms with E-state index in [0.717, 1.165) is 24.3 Å². The van der Waals surface area contributed by atoms with E-state index in [9.17, 15) is 22.9 Å². The van der Waals surface area contributed by atoms with Crippen molar-refractivity contribution in [3.63, 3.8) is 0 Å². The van der Waals surface area contributed by atoms with E-state index in [2.05, 4.69) is 15.5 Å². The molecule has 0 atom stereocenters. The summed E-state index contributed by atoms with van der Waals surface area (Å²) in [4.78, 5) is 14.7. The Kier molecular flexibility index (Phi) is 6.61. The lowest BCUT2D eigenvalue weighted by atomic mass is 10.1. The van der Waals surface area contributed by atoms with Crippen molar-refractivity contribution in [3.05, 3.63) is 99.7 Å². The zero-order valence-corrected chi connectivity index (χ0v) is 18.8. The Hall–Kier alpha value is -4.16. The van der Waals surface area contributed by atoms with E-state index >= 15 is 0 Å². The summed E-state index contributed by atoms with van der Waals surface area (Å²) in [6, 6.07) is 16.7. The number of nitro benzene ring substituents is 1. The Morgan fingerprint density at radius 1 is 1.09 bits per heavy atom. The third-order valence-electron chi connectivity index (χ3n) is 4.42. The summed E-state index contributed by atoms with van der Waals surface area (Å²) in [5, 5.41) is 17.3. The summed E-state index contributed by atoms with van der Waals surface area (Å²) in [6.07, 6.45) is 1.51. The molecule has 0 unspecified atom stereocenters. The van der Waals surface area contributed by atoms with Crippen molar-refractivity contribution in [1.29, 1.82) is 0 Å². The highest BCUT2D eigenvalue weighted by molar-refractivity contribution is 7.87. The van der Waals surface area contributed by atoms with Crippen LogP contribution < -0.4 is 9.61 Å². The van der Waals surface area contributed by atoms with Gasteiger partial charge < -0.3 is 4.18 Å². The summed E-state index contributed by atoms with van der Waals surface area (Å²) >= 11 is 1.29. The van der Waals surface area contributed by atoms with Gasteiger partial charge in [-0.3, -0.25) is 15.5 Å². The molecule has 1 heterocycles. The standard InChI is InChI=1S/C22H15FN4O5S2/c23-17-6-10-20(11-7-17)34(30,31)32-19-8-4-15(5-9-19)13-24-26-22-25-21(14-33-22)16-2-1-3-18(12-16)27(28)29/h1-14H,(H,25,26)/b24-13-. The number of rotatable bonds is 8. The van der Waals surface area contributed by atoms with Gasteiger partial charge in [-0.2, -0.15) is 13.5 Å². The zero-order chi connectivity index (χ0) is 24.1. The molecular formula is C22H15FN4O5S2. The molecule has 1 N–H and O–H groups in total. The Balaban J connectivity index is 1.37. The Morgan fingerprint density at radius 3 is 2.53 bits per heavy atom. The number of anilines is 1. The summed E-state index contributed by atoms with van der Waals surface area (Å²) in [6.45, 7) is 0. The van der Waals surface area contributed by atoms with Crippen molar-refractivity contribution >= 4 is 38.5 Å². The molecule has 0 aliphatic carbocycles. The Morgan fingerprint density at radius 2 is 1.82 bits per heavy atom. The topological polar surface area (TPSA) is 124 Å². The molecule has 0 fully saturated rings. The SMILES string of the molecule is O=[N+]([O-])c1cccc(-c2csc(N/N=C\c3ccc(OS(=O)(=O)c4ccc(F)cc4)cc3)n2)c1. The van der Waals surface area contributed by atoms with Gasteiger partial charge in [0.05, 0.1) is 16.8 Å². The Labute approximate surface area is 197 Å². The van der Waals surface area contributed by atoms with Crippen LogP contribution >= 0.6 is 11.3 Å². The summed E-state index contributed by atoms with van der Waals surface area (Å²) in [5.74, 6) is -0.454. The molecule has 0 spiro atoms. The van der Waals surface area contributed by atoms with Crippen LogP contribution in [0, 0.1) is 15.9 Å². The second-order valence-corrected chi connectivity index (χ2v) is 9.18. The first-order chi connectivity index (χ1) is 16.3. The molecule has 34 heavy (non-hydrogen) atoms. The molecule has 12 heteroatoms. The van der Waals surface area contributed by atoms with Crippen molar-refractivity contribution in [2.45, 2.75) is 4.90 Å². The van der Waals surface area contributed by atoms with Gasteiger partial charge in [0, 0.05) is 23.1 Å². The Bertz CT molecular complexity index is 1450. The number of benzene rings is 3. The number of halogens is 1. The first kappa shape index (κ1) is 23.0. The first-order valence-electron chi connectivity index (χ1n) is 9.60. The predicted molar refractivity (Wildman–Crippen MR) is 126 cm³/mol. The van der Waals surface area contributed by atoms with Gasteiger partial charge in [-0.1, -0.05) is 12.1 Å². The molecule has 0 amide bonds. The number of hydrogen-bond donors (Lipinski definition) is 1. The highest BCUT2D eigenvalue weighted by Crippen LogP contribution is 2.27. The van der Waals surface area contributed by atoms with Crippen molar-refractivity contribution in [2.24, 2.45) is 5.10 Å². The number of hydrazone groups is 1. The average molecular weight is 499 g/mol. The van der Waals surface area contributed by atoms with Gasteiger partial charge in [0.15, 0.2) is 0 Å². The van der Waals surface area contributed by atoms with Crippen LogP contribution in [0.1, 0.15) is 5.56 Å². The first-order valence-corrected chi connectivity index (χ1v) is 11.9. The van der Waals surface area contributed by atoms with Gasteiger partial charge in [0.25, 0.3) is 5.69 Å². The number of nitrogens with one attached hydrogen (secondary N) is 1. The van der Waals surface area contributed by atoms with Crippen LogP contribution in [0.3, 0.4) is 0 Å². The van der Waals surface area contributed by atoms with Crippen LogP contribution in [0.4, 0.5) is 15.2 Å². The van der Waals surface area contributed by atoms with Crippen LogP contribution in [-0.2, 0) is 10.1 Å². The number of aromatic nitrogens is 1. The summed E-state index contributed by atoms with van der Waals surface area (Å²) in [7, 11) is -4.08. The highest BCUT2D eigenvalue weighted by Gasteiger charge is 2.16. The minimum atomic E-state index is -4.08. The lowest BCUT2D eigenvalue weighted by Crippen LogP contribution is -2.09. The lowest BCUT2D eigenvalue weighted by Gasteiger charge is -2.07. The second-order valence-electron chi connectivity index (χ2n) is 6.78. The maximum Gasteiger partial charge on any atom is 0.339 e. The van der Waals surface area contributed by atoms with Crippen molar-refractivity contribution in [1.82, 2.24) is 4.98 Å². The van der Waals surface area contributed by atoms with Gasteiger partial charge >= 0.3 is 10.1 Å². The van der Waals surface area contributed by atoms with Gasteiger partial charge in [0.2, 0.25) is 5.13 Å². The van der Waals surface area contributed by atoms with Crippen LogP contribution in [0.5, 0.6) is 5.75 Å². The molecule has 1 aromatic heterocycles. The molecule has 0 saturated heterocycles. The smallest absolute Gasteiger partial charge is 0.339 e. The van der Waals surface area contributed by atoms with Gasteiger partial charge in [-0.15, -0.1) is 11.3 Å². The van der Waals surface area contributed by atoms with E-state index in [0.29, 0.717) is 22.0 Å². The molecule has 0 saturated carbocycles. The summed E-state index contributed by atoms with van der Waals surface area (Å²) < 4.78 is 42.6. The van der Waals surface area contributed by atoms with E-state index in [4.69, 9.17) is 4.18 Å². The minimum absolute atomic E-state index is 0.0177. The van der Waals surface area contributed by atoms with Crippen LogP contribution in [0.2, 0.25) is 0 Å². The molecule has 0 bridgehead atoms. The van der Waals surface area contributed by atoms with Gasteiger partial charge in [-0.25, -0.2) is 9.37 Å². The van der Waals surface area contributed by atoms with Crippen molar-refractivity contribution < 1.29 is 21.9 Å². The third-order valence-corrected chi connectivity index (χ3v) is 6.43. The molecule has 172 valence electrons. The fourth-order valence-corrected chi connectivity index (χ4v) is 4.38. The normalized spacial score (nSPS) is 11.4. The largest absolute Gasteiger partial charge is 0.379 e. The molecule has 4 rings (SSSR count). The minimum Gasteiger partial charge on any atom is -0.379 e. The molecule has 0 aliphatic heterocycles. The molecule has 0 radical (unpaired) electrons. The molecular weight excluding hydrogens is 483 g/mol. The zero-order valence-electron chi connectivity index (χ0n) is 17.2. The number of nitro groups is 1. The maximum atomic E-state index is 13.0. The fraction of sp³-hybridized carbons (Fsp3) is 0. The number of thiazole rings is 1. The van der Waals surface area contributed by atoms with Gasteiger partial charge in [0.1, 0.15) is 16.5 Å². The average Bonchev–Trinajstić information content (AvgIpc) is 3.29. The number of non-ortho nitro benzene ring substituents is 1. The highest BCUT2D eigenvalue weighted by atomic mass is 32.2. The molecule has 4 aromatic rings. The number of hydrogen-bond acceptors (Lipinski definition) is 9. The monoisotopic (exact) mass is 498 g/mol. The number of nitrogens with zero attached hydrogens (tertiary/aromatic N) is 3. The van der Waals surface area contributed by atoms with E-state index in [1.165, 1.54) is 41.8 Å². The van der Waals surface area contributed by atoms with Crippen molar-refractivity contribution in [3.8, 4) is 17.0 Å². The van der Waals surface area contributed by atoms with Gasteiger partial charge in [-0.05, 0) is 54.1 Å². The maximum absolute atomic E-state index is 13.0. The quantitative estimate of drug-likeness (QED) is 0.156. The van der Waals surface area contributed by atoms with E-state index in [1.54, 1.807) is 29.6 Å². The third kappa shape index (κ3) is 5.60. The molecule has 0 aliphatic rings. The fourth-order valence-electron chi connectivity index (χ4n) is 2.78. The summed E-state index contributed by atoms with van der Waals surface area (Å²) in [5.41, 5.74) is 4.63. The van der Waals surface area contributed by atoms with Crippen LogP contribution in [0.25, 0.3) is 11.3 Å². The van der Waals surface area contributed by atoms with Crippen LogP contribution in [-0.4, -0.2) is 24.5 Å². The van der Waals surface area contributed by atoms with E-state index in [-0.39, 0.29) is 16.3 Å². The molecule has 9 nitrogen and oxygen atoms in total. The van der Waals surface area contributed by atoms with E-state index < -0.39 is 20.9 Å². The predicted octanol–water partition coefficient (Wildman–Crippen LogP) is 5.07. The second kappa shape index (κ2) is 9.77. The van der Waals surface area contributed by atoms with E-state index in [1.807, 2.05) is 0 Å². The van der Waals surface area contributed by atoms with Crippen LogP contribution in [0.15, 0.2) is 88.2 Å². The molecule has 3 aromatic carbocycles.